The van der Waals surface area contributed by atoms with Crippen molar-refractivity contribution >= 4 is 46.3 Å². The third kappa shape index (κ3) is 3.20. The molecule has 8 heteroatoms. The highest BCUT2D eigenvalue weighted by atomic mass is 35.5. The first kappa shape index (κ1) is 18.3. The lowest BCUT2D eigenvalue weighted by molar-refractivity contribution is -0.136. The smallest absolute Gasteiger partial charge is 0.307 e. The molecule has 2 aliphatic rings. The molecule has 1 N–H and O–H groups in total. The second kappa shape index (κ2) is 6.93. The topological polar surface area (TPSA) is 83.4 Å². The number of hydrogen-bond donors (Lipinski definition) is 1. The van der Waals surface area contributed by atoms with Crippen molar-refractivity contribution in [2.45, 2.75) is 32.1 Å². The van der Waals surface area contributed by atoms with Crippen LogP contribution in [0.2, 0.25) is 4.34 Å². The monoisotopic (exact) mass is 425 g/mol. The Hall–Kier alpha value is -2.77. The quantitative estimate of drug-likeness (QED) is 0.677. The average Bonchev–Trinajstić information content (AvgIpc) is 3.37. The standard InChI is InChI=1S/C21H16ClN3O3S/c22-17-7-6-16(29-17)20-23-14-3-1-2-13(14)21(24-20)25-15-5-4-11(9-19(27)28)8-12(15)10-18(25)26/h4-8H,1-3,9-10H2,(H,27,28). The average molecular weight is 426 g/mol. The highest BCUT2D eigenvalue weighted by Crippen LogP contribution is 2.41. The summed E-state index contributed by atoms with van der Waals surface area (Å²) in [4.78, 5) is 36.0. The van der Waals surface area contributed by atoms with Gasteiger partial charge in [0.15, 0.2) is 5.82 Å². The van der Waals surface area contributed by atoms with Gasteiger partial charge in [0, 0.05) is 11.3 Å². The Morgan fingerprint density at radius 3 is 2.83 bits per heavy atom. The van der Waals surface area contributed by atoms with E-state index in [2.05, 4.69) is 0 Å². The summed E-state index contributed by atoms with van der Waals surface area (Å²) in [6, 6.07) is 9.11. The maximum Gasteiger partial charge on any atom is 0.307 e. The number of nitrogens with zero attached hydrogens (tertiary/aromatic N) is 3. The third-order valence-corrected chi connectivity index (χ3v) is 6.48. The molecular weight excluding hydrogens is 410 g/mol. The summed E-state index contributed by atoms with van der Waals surface area (Å²) in [6.07, 6.45) is 2.86. The van der Waals surface area contributed by atoms with E-state index in [0.29, 0.717) is 21.5 Å². The van der Waals surface area contributed by atoms with Crippen molar-refractivity contribution in [1.82, 2.24) is 9.97 Å². The Morgan fingerprint density at radius 1 is 1.21 bits per heavy atom. The summed E-state index contributed by atoms with van der Waals surface area (Å²) < 4.78 is 0.666. The van der Waals surface area contributed by atoms with Gasteiger partial charge in [0.25, 0.3) is 0 Å². The first-order valence-corrected chi connectivity index (χ1v) is 10.5. The van der Waals surface area contributed by atoms with Crippen molar-refractivity contribution in [3.05, 3.63) is 57.1 Å². The van der Waals surface area contributed by atoms with E-state index in [9.17, 15) is 9.59 Å². The lowest BCUT2D eigenvalue weighted by atomic mass is 10.1. The molecule has 0 spiro atoms. The normalized spacial score (nSPS) is 14.9. The van der Waals surface area contributed by atoms with Gasteiger partial charge in [-0.3, -0.25) is 14.5 Å². The number of thiophene rings is 1. The Bertz CT molecular complexity index is 1170. The summed E-state index contributed by atoms with van der Waals surface area (Å²) in [7, 11) is 0. The SMILES string of the molecule is O=C(O)Cc1ccc2c(c1)CC(=O)N2c1nc(-c2ccc(Cl)s2)nc2c1CCC2. The van der Waals surface area contributed by atoms with Gasteiger partial charge in [0.05, 0.1) is 27.7 Å². The number of halogens is 1. The largest absolute Gasteiger partial charge is 0.481 e. The molecular formula is C21H16ClN3O3S. The van der Waals surface area contributed by atoms with E-state index in [-0.39, 0.29) is 18.7 Å². The molecule has 29 heavy (non-hydrogen) atoms. The molecule has 1 aliphatic carbocycles. The van der Waals surface area contributed by atoms with Gasteiger partial charge >= 0.3 is 5.97 Å². The van der Waals surface area contributed by atoms with Crippen molar-refractivity contribution in [2.24, 2.45) is 0 Å². The summed E-state index contributed by atoms with van der Waals surface area (Å²) in [5.41, 5.74) is 4.30. The number of aliphatic carboxylic acids is 1. The Kier molecular flexibility index (Phi) is 4.37. The van der Waals surface area contributed by atoms with E-state index in [1.165, 1.54) is 11.3 Å². The lowest BCUT2D eigenvalue weighted by Crippen LogP contribution is -2.24. The number of anilines is 2. The zero-order valence-corrected chi connectivity index (χ0v) is 16.9. The van der Waals surface area contributed by atoms with Gasteiger partial charge in [0.2, 0.25) is 5.91 Å². The van der Waals surface area contributed by atoms with Crippen molar-refractivity contribution in [2.75, 3.05) is 4.90 Å². The number of aryl methyl sites for hydroxylation is 1. The van der Waals surface area contributed by atoms with Crippen LogP contribution in [0.4, 0.5) is 11.5 Å². The predicted molar refractivity (Wildman–Crippen MR) is 111 cm³/mol. The molecule has 0 saturated carbocycles. The number of carbonyl (C=O) groups is 2. The minimum Gasteiger partial charge on any atom is -0.481 e. The molecule has 0 unspecified atom stereocenters. The number of amides is 1. The van der Waals surface area contributed by atoms with Gasteiger partial charge in [-0.15, -0.1) is 11.3 Å². The fourth-order valence-corrected chi connectivity index (χ4v) is 5.01. The zero-order chi connectivity index (χ0) is 20.1. The van der Waals surface area contributed by atoms with Crippen LogP contribution >= 0.6 is 22.9 Å². The molecule has 0 bridgehead atoms. The highest BCUT2D eigenvalue weighted by Gasteiger charge is 2.34. The van der Waals surface area contributed by atoms with Crippen molar-refractivity contribution in [1.29, 1.82) is 0 Å². The van der Waals surface area contributed by atoms with Crippen LogP contribution < -0.4 is 4.90 Å². The van der Waals surface area contributed by atoms with E-state index in [1.54, 1.807) is 11.0 Å². The van der Waals surface area contributed by atoms with E-state index in [1.807, 2.05) is 24.3 Å². The number of carboxylic acids is 1. The molecule has 3 heterocycles. The van der Waals surface area contributed by atoms with E-state index < -0.39 is 5.97 Å². The Balaban J connectivity index is 1.62. The highest BCUT2D eigenvalue weighted by molar-refractivity contribution is 7.19. The van der Waals surface area contributed by atoms with Crippen LogP contribution in [-0.2, 0) is 35.3 Å². The molecule has 1 amide bonds. The van der Waals surface area contributed by atoms with Crippen molar-refractivity contribution < 1.29 is 14.7 Å². The summed E-state index contributed by atoms with van der Waals surface area (Å²) in [5, 5.41) is 9.04. The van der Waals surface area contributed by atoms with Gasteiger partial charge in [-0.05, 0) is 48.6 Å². The van der Waals surface area contributed by atoms with Gasteiger partial charge in [0.1, 0.15) is 5.82 Å². The van der Waals surface area contributed by atoms with E-state index >= 15 is 0 Å². The first-order chi connectivity index (χ1) is 14.0. The van der Waals surface area contributed by atoms with Crippen LogP contribution in [0, 0.1) is 0 Å². The van der Waals surface area contributed by atoms with Gasteiger partial charge in [-0.2, -0.15) is 0 Å². The molecule has 2 aromatic heterocycles. The third-order valence-electron chi connectivity index (χ3n) is 5.25. The maximum absolute atomic E-state index is 12.9. The number of carboxylic acid groups (broad SMARTS) is 1. The van der Waals surface area contributed by atoms with E-state index in [0.717, 1.165) is 46.6 Å². The van der Waals surface area contributed by atoms with Crippen LogP contribution in [-0.4, -0.2) is 27.0 Å². The summed E-state index contributed by atoms with van der Waals surface area (Å²) >= 11 is 7.50. The lowest BCUT2D eigenvalue weighted by Gasteiger charge is -2.20. The molecule has 1 aliphatic heterocycles. The molecule has 6 nitrogen and oxygen atoms in total. The Labute approximate surface area is 175 Å². The van der Waals surface area contributed by atoms with Crippen LogP contribution in [0.5, 0.6) is 0 Å². The summed E-state index contributed by atoms with van der Waals surface area (Å²) in [6.45, 7) is 0. The predicted octanol–water partition coefficient (Wildman–Crippen LogP) is 4.20. The number of carbonyl (C=O) groups excluding carboxylic acids is 1. The fourth-order valence-electron chi connectivity index (χ4n) is 4.03. The van der Waals surface area contributed by atoms with E-state index in [4.69, 9.17) is 26.7 Å². The Morgan fingerprint density at radius 2 is 2.07 bits per heavy atom. The summed E-state index contributed by atoms with van der Waals surface area (Å²) in [5.74, 6) is 0.275. The molecule has 0 atom stereocenters. The zero-order valence-electron chi connectivity index (χ0n) is 15.3. The van der Waals surface area contributed by atoms with Crippen LogP contribution in [0.3, 0.4) is 0 Å². The molecule has 0 fully saturated rings. The first-order valence-electron chi connectivity index (χ1n) is 9.31. The second-order valence-corrected chi connectivity index (χ2v) is 8.91. The number of benzene rings is 1. The van der Waals surface area contributed by atoms with Crippen molar-refractivity contribution in [3.8, 4) is 10.7 Å². The molecule has 5 rings (SSSR count). The van der Waals surface area contributed by atoms with Gasteiger partial charge < -0.3 is 5.11 Å². The fraction of sp³-hybridized carbons (Fsp3) is 0.238. The molecule has 0 radical (unpaired) electrons. The van der Waals surface area contributed by atoms with Crippen LogP contribution in [0.1, 0.15) is 28.8 Å². The number of aromatic nitrogens is 2. The van der Waals surface area contributed by atoms with Gasteiger partial charge in [-0.25, -0.2) is 9.97 Å². The van der Waals surface area contributed by atoms with Crippen LogP contribution in [0.25, 0.3) is 10.7 Å². The molecule has 1 aromatic carbocycles. The molecule has 0 saturated heterocycles. The number of fused-ring (bicyclic) bond motifs is 2. The van der Waals surface area contributed by atoms with Crippen molar-refractivity contribution in [3.63, 3.8) is 0 Å². The minimum atomic E-state index is -0.890. The molecule has 3 aromatic rings. The number of rotatable bonds is 4. The van der Waals surface area contributed by atoms with Gasteiger partial charge in [-0.1, -0.05) is 23.7 Å². The van der Waals surface area contributed by atoms with Crippen LogP contribution in [0.15, 0.2) is 30.3 Å². The number of hydrogen-bond acceptors (Lipinski definition) is 5. The minimum absolute atomic E-state index is 0.0598. The maximum atomic E-state index is 12.9. The second-order valence-electron chi connectivity index (χ2n) is 7.19. The molecule has 146 valence electrons.